The Labute approximate surface area is 193 Å². The lowest BCUT2D eigenvalue weighted by Gasteiger charge is -2.29. The van der Waals surface area contributed by atoms with Gasteiger partial charge in [-0.15, -0.1) is 0 Å². The number of nitrogens with zero attached hydrogens (tertiary/aromatic N) is 1. The summed E-state index contributed by atoms with van der Waals surface area (Å²) in [5.74, 6) is 2.23. The van der Waals surface area contributed by atoms with Crippen LogP contribution in [-0.4, -0.2) is 65.3 Å². The van der Waals surface area contributed by atoms with Crippen LogP contribution in [0.5, 0.6) is 23.0 Å². The van der Waals surface area contributed by atoms with Gasteiger partial charge in [-0.2, -0.15) is 0 Å². The summed E-state index contributed by atoms with van der Waals surface area (Å²) in [6.45, 7) is 1.91. The van der Waals surface area contributed by atoms with Gasteiger partial charge in [0.1, 0.15) is 6.61 Å². The van der Waals surface area contributed by atoms with Crippen molar-refractivity contribution in [2.75, 3.05) is 40.0 Å². The maximum atomic E-state index is 12.6. The molecule has 10 heteroatoms. The normalized spacial score (nSPS) is 17.2. The molecule has 178 valence electrons. The van der Waals surface area contributed by atoms with E-state index in [2.05, 4.69) is 4.72 Å². The molecule has 0 spiro atoms. The van der Waals surface area contributed by atoms with Gasteiger partial charge >= 0.3 is 0 Å². The standard InChI is InChI=1S/C23H28N2O7S/c1-25(15-17-16-31-19-6-2-3-7-21(19)32-17)23(26)8-4-11-24-33(27,28)18-9-10-20-22(14-18)30-13-5-12-29-20/h2-3,6-7,9-10,14,17,24H,4-5,8,11-13,15-16H2,1H3/t17-/m1/s1. The SMILES string of the molecule is CN(C[C@@H]1COc2ccccc2O1)C(=O)CCCNS(=O)(=O)c1ccc2c(c1)OCCCO2. The minimum Gasteiger partial charge on any atom is -0.490 e. The minimum absolute atomic E-state index is 0.0905. The highest BCUT2D eigenvalue weighted by Gasteiger charge is 2.24. The molecule has 0 saturated heterocycles. The smallest absolute Gasteiger partial charge is 0.240 e. The first kappa shape index (κ1) is 23.2. The van der Waals surface area contributed by atoms with E-state index in [0.29, 0.717) is 55.8 Å². The van der Waals surface area contributed by atoms with Crippen molar-refractivity contribution < 1.29 is 32.2 Å². The lowest BCUT2D eigenvalue weighted by atomic mass is 10.2. The fraction of sp³-hybridized carbons (Fsp3) is 0.435. The van der Waals surface area contributed by atoms with Crippen LogP contribution in [0.1, 0.15) is 19.3 Å². The van der Waals surface area contributed by atoms with Crippen molar-refractivity contribution in [1.82, 2.24) is 9.62 Å². The number of rotatable bonds is 8. The maximum Gasteiger partial charge on any atom is 0.240 e. The van der Waals surface area contributed by atoms with Crippen molar-refractivity contribution in [2.24, 2.45) is 0 Å². The second-order valence-corrected chi connectivity index (χ2v) is 9.70. The Balaban J connectivity index is 1.22. The van der Waals surface area contributed by atoms with Crippen molar-refractivity contribution >= 4 is 15.9 Å². The minimum atomic E-state index is -3.72. The lowest BCUT2D eigenvalue weighted by molar-refractivity contribution is -0.131. The highest BCUT2D eigenvalue weighted by molar-refractivity contribution is 7.89. The Morgan fingerprint density at radius 3 is 2.58 bits per heavy atom. The van der Waals surface area contributed by atoms with E-state index in [1.54, 1.807) is 18.0 Å². The third kappa shape index (κ3) is 5.88. The summed E-state index contributed by atoms with van der Waals surface area (Å²) in [6, 6.07) is 12.0. The van der Waals surface area contributed by atoms with Gasteiger partial charge in [0.2, 0.25) is 15.9 Å². The molecule has 2 aliphatic rings. The van der Waals surface area contributed by atoms with E-state index >= 15 is 0 Å². The molecule has 0 aromatic heterocycles. The second kappa shape index (κ2) is 10.3. The fourth-order valence-electron chi connectivity index (χ4n) is 3.59. The fourth-order valence-corrected chi connectivity index (χ4v) is 4.68. The number of carbonyl (C=O) groups excluding carboxylic acids is 1. The van der Waals surface area contributed by atoms with E-state index in [4.69, 9.17) is 18.9 Å². The summed E-state index contributed by atoms with van der Waals surface area (Å²) in [4.78, 5) is 14.2. The van der Waals surface area contributed by atoms with E-state index in [-0.39, 0.29) is 29.9 Å². The predicted octanol–water partition coefficient (Wildman–Crippen LogP) is 2.20. The largest absolute Gasteiger partial charge is 0.490 e. The number of amides is 1. The van der Waals surface area contributed by atoms with Crippen LogP contribution in [0.25, 0.3) is 0 Å². The quantitative estimate of drug-likeness (QED) is 0.583. The Morgan fingerprint density at radius 2 is 1.76 bits per heavy atom. The zero-order valence-electron chi connectivity index (χ0n) is 18.5. The van der Waals surface area contributed by atoms with Crippen molar-refractivity contribution in [3.63, 3.8) is 0 Å². The molecule has 1 N–H and O–H groups in total. The average Bonchev–Trinajstić information content (AvgIpc) is 3.06. The van der Waals surface area contributed by atoms with Crippen molar-refractivity contribution in [3.05, 3.63) is 42.5 Å². The van der Waals surface area contributed by atoms with Gasteiger partial charge in [0, 0.05) is 32.5 Å². The number of hydrogen-bond donors (Lipinski definition) is 1. The number of para-hydroxylation sites is 2. The predicted molar refractivity (Wildman–Crippen MR) is 120 cm³/mol. The molecule has 0 bridgehead atoms. The zero-order valence-corrected chi connectivity index (χ0v) is 19.3. The van der Waals surface area contributed by atoms with Gasteiger partial charge in [-0.25, -0.2) is 13.1 Å². The van der Waals surface area contributed by atoms with Crippen LogP contribution in [0.4, 0.5) is 0 Å². The Morgan fingerprint density at radius 1 is 1.03 bits per heavy atom. The first-order chi connectivity index (χ1) is 15.9. The summed E-state index contributed by atoms with van der Waals surface area (Å²) in [5, 5.41) is 0. The molecule has 0 unspecified atom stereocenters. The van der Waals surface area contributed by atoms with Gasteiger partial charge < -0.3 is 23.8 Å². The first-order valence-corrected chi connectivity index (χ1v) is 12.4. The monoisotopic (exact) mass is 476 g/mol. The third-order valence-electron chi connectivity index (χ3n) is 5.36. The molecule has 1 amide bonds. The van der Waals surface area contributed by atoms with Crippen molar-refractivity contribution in [3.8, 4) is 23.0 Å². The Bertz CT molecular complexity index is 1090. The van der Waals surface area contributed by atoms with Crippen molar-refractivity contribution in [1.29, 1.82) is 0 Å². The summed E-state index contributed by atoms with van der Waals surface area (Å²) in [5.41, 5.74) is 0. The molecule has 4 rings (SSSR count). The number of fused-ring (bicyclic) bond motifs is 2. The summed E-state index contributed by atoms with van der Waals surface area (Å²) >= 11 is 0. The van der Waals surface area contributed by atoms with Crippen LogP contribution in [-0.2, 0) is 14.8 Å². The van der Waals surface area contributed by atoms with Gasteiger partial charge in [-0.05, 0) is 30.7 Å². The van der Waals surface area contributed by atoms with Gasteiger partial charge in [0.05, 0.1) is 24.7 Å². The molecule has 0 saturated carbocycles. The molecule has 2 aromatic carbocycles. The van der Waals surface area contributed by atoms with Crippen LogP contribution in [0.3, 0.4) is 0 Å². The van der Waals surface area contributed by atoms with Crippen molar-refractivity contribution in [2.45, 2.75) is 30.3 Å². The van der Waals surface area contributed by atoms with E-state index in [1.807, 2.05) is 24.3 Å². The summed E-state index contributed by atoms with van der Waals surface area (Å²) < 4.78 is 50.4. The zero-order chi connectivity index (χ0) is 23.3. The van der Waals surface area contributed by atoms with E-state index in [1.165, 1.54) is 12.1 Å². The number of hydrogen-bond acceptors (Lipinski definition) is 7. The molecular formula is C23H28N2O7S. The molecule has 1 atom stereocenters. The molecule has 2 heterocycles. The summed E-state index contributed by atoms with van der Waals surface area (Å²) in [6.07, 6.45) is 1.07. The Hall–Kier alpha value is -2.98. The number of likely N-dealkylation sites (N-methyl/N-ethyl adjacent to an activating group) is 1. The molecule has 0 radical (unpaired) electrons. The average molecular weight is 477 g/mol. The molecule has 33 heavy (non-hydrogen) atoms. The van der Waals surface area contributed by atoms with Crippen LogP contribution in [0.15, 0.2) is 47.4 Å². The van der Waals surface area contributed by atoms with Gasteiger partial charge in [0.25, 0.3) is 0 Å². The van der Waals surface area contributed by atoms with E-state index in [9.17, 15) is 13.2 Å². The molecular weight excluding hydrogens is 448 g/mol. The molecule has 0 fully saturated rings. The Kier molecular flexibility index (Phi) is 7.24. The first-order valence-electron chi connectivity index (χ1n) is 10.9. The second-order valence-electron chi connectivity index (χ2n) is 7.93. The van der Waals surface area contributed by atoms with Gasteiger partial charge in [-0.1, -0.05) is 12.1 Å². The molecule has 2 aliphatic heterocycles. The third-order valence-corrected chi connectivity index (χ3v) is 6.82. The van der Waals surface area contributed by atoms with Crippen LogP contribution in [0.2, 0.25) is 0 Å². The van der Waals surface area contributed by atoms with E-state index in [0.717, 1.165) is 6.42 Å². The number of benzene rings is 2. The lowest BCUT2D eigenvalue weighted by Crippen LogP contribution is -2.41. The number of sulfonamides is 1. The van der Waals surface area contributed by atoms with Gasteiger partial charge in [-0.3, -0.25) is 4.79 Å². The topological polar surface area (TPSA) is 103 Å². The van der Waals surface area contributed by atoms with Crippen LogP contribution < -0.4 is 23.7 Å². The summed E-state index contributed by atoms with van der Waals surface area (Å²) in [7, 11) is -2.02. The number of carbonyl (C=O) groups is 1. The molecule has 2 aromatic rings. The van der Waals surface area contributed by atoms with Crippen LogP contribution >= 0.6 is 0 Å². The maximum absolute atomic E-state index is 12.6. The highest BCUT2D eigenvalue weighted by atomic mass is 32.2. The van der Waals surface area contributed by atoms with Crippen LogP contribution in [0, 0.1) is 0 Å². The van der Waals surface area contributed by atoms with E-state index < -0.39 is 10.0 Å². The molecule has 9 nitrogen and oxygen atoms in total. The number of nitrogens with one attached hydrogen (secondary N) is 1. The van der Waals surface area contributed by atoms with Gasteiger partial charge in [0.15, 0.2) is 29.1 Å². The molecule has 0 aliphatic carbocycles. The highest BCUT2D eigenvalue weighted by Crippen LogP contribution is 2.32. The number of ether oxygens (including phenoxy) is 4.